The number of nitrogens with zero attached hydrogens (tertiary/aromatic N) is 1. The Balaban J connectivity index is 2.77. The van der Waals surface area contributed by atoms with Crippen LogP contribution in [0.15, 0.2) is 12.1 Å². The molecule has 2 aromatic rings. The smallest absolute Gasteiger partial charge is 0.339 e. The number of ether oxygens (including phenoxy) is 1. The molecule has 0 fully saturated rings. The third-order valence-corrected chi connectivity index (χ3v) is 2.30. The lowest BCUT2D eigenvalue weighted by Crippen LogP contribution is -2.00. The number of benzene rings is 1. The highest BCUT2D eigenvalue weighted by Crippen LogP contribution is 2.26. The predicted octanol–water partition coefficient (Wildman–Crippen LogP) is 1.58. The van der Waals surface area contributed by atoms with Crippen LogP contribution in [0.2, 0.25) is 0 Å². The van der Waals surface area contributed by atoms with E-state index in [0.717, 1.165) is 11.1 Å². The molecule has 5 nitrogen and oxygen atoms in total. The van der Waals surface area contributed by atoms with E-state index < -0.39 is 5.97 Å². The Kier molecular flexibility index (Phi) is 2.07. The Morgan fingerprint density at radius 2 is 2.27 bits per heavy atom. The van der Waals surface area contributed by atoms with E-state index in [4.69, 9.17) is 9.84 Å². The summed E-state index contributed by atoms with van der Waals surface area (Å²) in [5.74, 6) is -0.684. The van der Waals surface area contributed by atoms with Crippen LogP contribution >= 0.6 is 0 Å². The lowest BCUT2D eigenvalue weighted by atomic mass is 10.1. The number of aromatic nitrogens is 2. The van der Waals surface area contributed by atoms with Gasteiger partial charge in [-0.3, -0.25) is 5.10 Å². The van der Waals surface area contributed by atoms with E-state index in [9.17, 15) is 4.79 Å². The molecule has 0 amide bonds. The normalized spacial score (nSPS) is 10.5. The molecule has 2 N–H and O–H groups in total. The molecule has 0 radical (unpaired) electrons. The van der Waals surface area contributed by atoms with E-state index in [-0.39, 0.29) is 5.56 Å². The number of aromatic amines is 1. The van der Waals surface area contributed by atoms with Crippen LogP contribution in [0, 0.1) is 6.92 Å². The maximum Gasteiger partial charge on any atom is 0.339 e. The summed E-state index contributed by atoms with van der Waals surface area (Å²) < 4.78 is 4.99. The Morgan fingerprint density at radius 3 is 2.87 bits per heavy atom. The molecule has 1 heterocycles. The van der Waals surface area contributed by atoms with Crippen LogP contribution in [-0.2, 0) is 0 Å². The van der Waals surface area contributed by atoms with Gasteiger partial charge in [0.2, 0.25) is 0 Å². The van der Waals surface area contributed by atoms with Crippen molar-refractivity contribution in [2.24, 2.45) is 0 Å². The minimum atomic E-state index is -1.01. The average Bonchev–Trinajstić information content (AvgIpc) is 2.58. The van der Waals surface area contributed by atoms with Crippen molar-refractivity contribution in [1.82, 2.24) is 10.2 Å². The summed E-state index contributed by atoms with van der Waals surface area (Å²) in [6.07, 6.45) is 0. The van der Waals surface area contributed by atoms with E-state index in [1.807, 2.05) is 6.92 Å². The van der Waals surface area contributed by atoms with Gasteiger partial charge in [-0.15, -0.1) is 0 Å². The largest absolute Gasteiger partial charge is 0.496 e. The summed E-state index contributed by atoms with van der Waals surface area (Å²) in [5.41, 5.74) is 1.69. The molecule has 2 rings (SSSR count). The number of carboxylic acid groups (broad SMARTS) is 1. The SMILES string of the molecule is COc1cc2n[nH]c(C)c2cc1C(=O)O. The second-order valence-corrected chi connectivity index (χ2v) is 3.22. The monoisotopic (exact) mass is 206 g/mol. The van der Waals surface area contributed by atoms with Crippen LogP contribution in [0.25, 0.3) is 10.9 Å². The molecule has 78 valence electrons. The summed E-state index contributed by atoms with van der Waals surface area (Å²) in [5, 5.41) is 16.6. The first-order valence-electron chi connectivity index (χ1n) is 4.39. The summed E-state index contributed by atoms with van der Waals surface area (Å²) in [6.45, 7) is 1.84. The molecule has 1 aromatic carbocycles. The molecule has 1 aromatic heterocycles. The van der Waals surface area contributed by atoms with E-state index in [0.29, 0.717) is 11.3 Å². The van der Waals surface area contributed by atoms with Crippen LogP contribution in [0.5, 0.6) is 5.75 Å². The highest BCUT2D eigenvalue weighted by atomic mass is 16.5. The van der Waals surface area contributed by atoms with Crippen molar-refractivity contribution < 1.29 is 14.6 Å². The Hall–Kier alpha value is -2.04. The lowest BCUT2D eigenvalue weighted by molar-refractivity contribution is 0.0693. The number of fused-ring (bicyclic) bond motifs is 1. The number of aromatic carboxylic acids is 1. The highest BCUT2D eigenvalue weighted by molar-refractivity contribution is 5.97. The maximum absolute atomic E-state index is 10.9. The van der Waals surface area contributed by atoms with E-state index in [2.05, 4.69) is 10.2 Å². The average molecular weight is 206 g/mol. The first-order valence-corrected chi connectivity index (χ1v) is 4.39. The third-order valence-electron chi connectivity index (χ3n) is 2.30. The van der Waals surface area contributed by atoms with Gasteiger partial charge < -0.3 is 9.84 Å². The Morgan fingerprint density at radius 1 is 1.53 bits per heavy atom. The van der Waals surface area contributed by atoms with Gasteiger partial charge in [0, 0.05) is 17.1 Å². The molecule has 0 aliphatic carbocycles. The van der Waals surface area contributed by atoms with Gasteiger partial charge in [0.05, 0.1) is 12.6 Å². The molecule has 0 atom stereocenters. The van der Waals surface area contributed by atoms with Crippen molar-refractivity contribution in [3.8, 4) is 5.75 Å². The minimum Gasteiger partial charge on any atom is -0.496 e. The van der Waals surface area contributed by atoms with Gasteiger partial charge in [0.15, 0.2) is 0 Å². The summed E-state index contributed by atoms with van der Waals surface area (Å²) in [7, 11) is 1.44. The van der Waals surface area contributed by atoms with Gasteiger partial charge in [-0.25, -0.2) is 4.79 Å². The molecule has 0 saturated carbocycles. The number of H-pyrrole nitrogens is 1. The zero-order chi connectivity index (χ0) is 11.0. The number of aryl methyl sites for hydroxylation is 1. The molecule has 0 bridgehead atoms. The molecular weight excluding hydrogens is 196 g/mol. The summed E-state index contributed by atoms with van der Waals surface area (Å²) in [4.78, 5) is 10.9. The van der Waals surface area contributed by atoms with E-state index >= 15 is 0 Å². The van der Waals surface area contributed by atoms with Gasteiger partial charge in [-0.1, -0.05) is 0 Å². The highest BCUT2D eigenvalue weighted by Gasteiger charge is 2.14. The van der Waals surface area contributed by atoms with Gasteiger partial charge in [-0.2, -0.15) is 5.10 Å². The van der Waals surface area contributed by atoms with Crippen LogP contribution in [-0.4, -0.2) is 28.4 Å². The van der Waals surface area contributed by atoms with Crippen molar-refractivity contribution in [2.45, 2.75) is 6.92 Å². The Bertz CT molecular complexity index is 531. The second kappa shape index (κ2) is 3.27. The number of hydrogen-bond acceptors (Lipinski definition) is 3. The van der Waals surface area contributed by atoms with Gasteiger partial charge >= 0.3 is 5.97 Å². The van der Waals surface area contributed by atoms with Gasteiger partial charge in [0.1, 0.15) is 11.3 Å². The van der Waals surface area contributed by atoms with Gasteiger partial charge in [-0.05, 0) is 13.0 Å². The van der Waals surface area contributed by atoms with E-state index in [1.165, 1.54) is 7.11 Å². The minimum absolute atomic E-state index is 0.148. The standard InChI is InChI=1S/C10H10N2O3/c1-5-6-3-7(10(13)14)9(15-2)4-8(6)12-11-5/h3-4H,1-2H3,(H,11,12)(H,13,14). The fourth-order valence-electron chi connectivity index (χ4n) is 1.50. The number of carbonyl (C=O) groups is 1. The Labute approximate surface area is 85.7 Å². The molecule has 0 aliphatic heterocycles. The van der Waals surface area contributed by atoms with Crippen LogP contribution in [0.1, 0.15) is 16.1 Å². The number of rotatable bonds is 2. The van der Waals surface area contributed by atoms with Crippen LogP contribution < -0.4 is 4.74 Å². The molecule has 15 heavy (non-hydrogen) atoms. The first kappa shape index (κ1) is 9.51. The zero-order valence-electron chi connectivity index (χ0n) is 8.37. The van der Waals surface area contributed by atoms with Crippen molar-refractivity contribution in [1.29, 1.82) is 0 Å². The van der Waals surface area contributed by atoms with Crippen molar-refractivity contribution in [3.63, 3.8) is 0 Å². The maximum atomic E-state index is 10.9. The number of carboxylic acids is 1. The molecule has 0 spiro atoms. The molecule has 0 saturated heterocycles. The van der Waals surface area contributed by atoms with E-state index in [1.54, 1.807) is 12.1 Å². The summed E-state index contributed by atoms with van der Waals surface area (Å²) in [6, 6.07) is 3.18. The zero-order valence-corrected chi connectivity index (χ0v) is 8.37. The number of hydrogen-bond donors (Lipinski definition) is 2. The topological polar surface area (TPSA) is 75.2 Å². The van der Waals surface area contributed by atoms with Gasteiger partial charge in [0.25, 0.3) is 0 Å². The fourth-order valence-corrected chi connectivity index (χ4v) is 1.50. The molecule has 0 aliphatic rings. The number of nitrogens with one attached hydrogen (secondary N) is 1. The predicted molar refractivity (Wildman–Crippen MR) is 54.3 cm³/mol. The molecule has 0 unspecified atom stereocenters. The molecule has 5 heteroatoms. The second-order valence-electron chi connectivity index (χ2n) is 3.22. The quantitative estimate of drug-likeness (QED) is 0.782. The third kappa shape index (κ3) is 1.41. The summed E-state index contributed by atoms with van der Waals surface area (Å²) >= 11 is 0. The van der Waals surface area contributed by atoms with Crippen molar-refractivity contribution in [3.05, 3.63) is 23.4 Å². The fraction of sp³-hybridized carbons (Fsp3) is 0.200. The van der Waals surface area contributed by atoms with Crippen molar-refractivity contribution >= 4 is 16.9 Å². The van der Waals surface area contributed by atoms with Crippen molar-refractivity contribution in [2.75, 3.05) is 7.11 Å². The lowest BCUT2D eigenvalue weighted by Gasteiger charge is -2.04. The van der Waals surface area contributed by atoms with Crippen LogP contribution in [0.4, 0.5) is 0 Å². The molecular formula is C10H10N2O3. The first-order chi connectivity index (χ1) is 7.13. The van der Waals surface area contributed by atoms with Crippen LogP contribution in [0.3, 0.4) is 0 Å². The number of methoxy groups -OCH3 is 1.